The number of hydrogen-bond acceptors (Lipinski definition) is 6. The number of rotatable bonds is 4. The monoisotopic (exact) mass is 428 g/mol. The first-order valence-corrected chi connectivity index (χ1v) is 9.36. The van der Waals surface area contributed by atoms with Crippen molar-refractivity contribution in [2.24, 2.45) is 5.73 Å². The fourth-order valence-corrected chi connectivity index (χ4v) is 3.32. The summed E-state index contributed by atoms with van der Waals surface area (Å²) >= 11 is 0. The van der Waals surface area contributed by atoms with Crippen molar-refractivity contribution in [2.45, 2.75) is 0 Å². The summed E-state index contributed by atoms with van der Waals surface area (Å²) in [5.41, 5.74) is 6.56. The average Bonchev–Trinajstić information content (AvgIpc) is 2.79. The Morgan fingerprint density at radius 2 is 1.69 bits per heavy atom. The molecule has 0 aliphatic carbocycles. The Morgan fingerprint density at radius 1 is 0.969 bits per heavy atom. The number of urea groups is 1. The molecule has 0 spiro atoms. The van der Waals surface area contributed by atoms with Crippen LogP contribution >= 0.6 is 0 Å². The van der Waals surface area contributed by atoms with Crippen LogP contribution < -0.4 is 26.7 Å². The number of ether oxygens (including phenoxy) is 1. The molecule has 3 aromatic carbocycles. The second-order valence-corrected chi connectivity index (χ2v) is 6.83. The lowest BCUT2D eigenvalue weighted by Gasteiger charge is -2.11. The van der Waals surface area contributed by atoms with Gasteiger partial charge in [0, 0.05) is 33.8 Å². The van der Waals surface area contributed by atoms with Gasteiger partial charge in [-0.2, -0.15) is 5.26 Å². The molecule has 4 N–H and O–H groups in total. The Labute approximate surface area is 181 Å². The molecular weight excluding hydrogens is 412 g/mol. The lowest BCUT2D eigenvalue weighted by molar-refractivity contribution is 0.100. The molecule has 0 atom stereocenters. The topological polar surface area (TPSA) is 147 Å². The van der Waals surface area contributed by atoms with Gasteiger partial charge in [-0.1, -0.05) is 0 Å². The van der Waals surface area contributed by atoms with Gasteiger partial charge in [-0.15, -0.1) is 0 Å². The first kappa shape index (κ1) is 20.4. The van der Waals surface area contributed by atoms with E-state index >= 15 is 0 Å². The SMILES string of the molecule is COc1cc(NC(=O)Nc2ccc3oc(=O)c4ccc(C(N)=O)cc4c3c2)ccc1C#N. The first-order chi connectivity index (χ1) is 15.4. The molecule has 0 saturated heterocycles. The van der Waals surface area contributed by atoms with Gasteiger partial charge in [0.05, 0.1) is 18.1 Å². The van der Waals surface area contributed by atoms with Crippen molar-refractivity contribution < 1.29 is 18.7 Å². The largest absolute Gasteiger partial charge is 0.495 e. The summed E-state index contributed by atoms with van der Waals surface area (Å²) in [6.45, 7) is 0. The van der Waals surface area contributed by atoms with Crippen LogP contribution in [0, 0.1) is 11.3 Å². The fourth-order valence-electron chi connectivity index (χ4n) is 3.32. The summed E-state index contributed by atoms with van der Waals surface area (Å²) < 4.78 is 10.5. The number of nitriles is 1. The minimum absolute atomic E-state index is 0.246. The molecule has 4 rings (SSSR count). The minimum Gasteiger partial charge on any atom is -0.495 e. The van der Waals surface area contributed by atoms with Gasteiger partial charge in [0.2, 0.25) is 5.91 Å². The summed E-state index contributed by atoms with van der Waals surface area (Å²) in [5, 5.41) is 15.7. The number of primary amides is 1. The third-order valence-electron chi connectivity index (χ3n) is 4.83. The molecule has 0 radical (unpaired) electrons. The van der Waals surface area contributed by atoms with E-state index in [0.29, 0.717) is 39.0 Å². The van der Waals surface area contributed by atoms with Gasteiger partial charge in [-0.05, 0) is 48.5 Å². The van der Waals surface area contributed by atoms with Gasteiger partial charge in [0.1, 0.15) is 17.4 Å². The minimum atomic E-state index is -0.625. The highest BCUT2D eigenvalue weighted by molar-refractivity contribution is 6.09. The predicted octanol–water partition coefficient (Wildman–Crippen LogP) is 3.57. The number of fused-ring (bicyclic) bond motifs is 3. The second kappa shape index (κ2) is 8.12. The molecule has 0 fully saturated rings. The molecule has 0 unspecified atom stereocenters. The standard InChI is InChI=1S/C23H16N4O5/c1-31-20-10-15(4-2-13(20)11-24)27-23(30)26-14-5-7-19-18(9-14)17-8-12(21(25)28)3-6-16(17)22(29)32-19/h2-10H,1H3,(H2,25,28)(H2,26,27,30). The molecular formula is C23H16N4O5. The number of benzene rings is 3. The Balaban J connectivity index is 1.67. The molecule has 0 aliphatic rings. The number of amides is 3. The van der Waals surface area contributed by atoms with E-state index in [9.17, 15) is 14.4 Å². The maximum Gasteiger partial charge on any atom is 0.344 e. The lowest BCUT2D eigenvalue weighted by atomic mass is 10.0. The third kappa shape index (κ3) is 3.80. The highest BCUT2D eigenvalue weighted by Crippen LogP contribution is 2.27. The van der Waals surface area contributed by atoms with E-state index in [0.717, 1.165) is 0 Å². The van der Waals surface area contributed by atoms with Crippen molar-refractivity contribution in [1.82, 2.24) is 0 Å². The van der Waals surface area contributed by atoms with E-state index in [1.54, 1.807) is 24.3 Å². The van der Waals surface area contributed by atoms with Crippen molar-refractivity contribution in [3.63, 3.8) is 0 Å². The summed E-state index contributed by atoms with van der Waals surface area (Å²) in [6.07, 6.45) is 0. The highest BCUT2D eigenvalue weighted by atomic mass is 16.5. The van der Waals surface area contributed by atoms with Crippen LogP contribution in [0.4, 0.5) is 16.2 Å². The molecule has 4 aromatic rings. The van der Waals surface area contributed by atoms with Crippen LogP contribution in [0.2, 0.25) is 0 Å². The fraction of sp³-hybridized carbons (Fsp3) is 0.0435. The Hall–Kier alpha value is -4.84. The molecule has 158 valence electrons. The molecule has 0 aliphatic heterocycles. The number of nitrogens with one attached hydrogen (secondary N) is 2. The molecule has 9 nitrogen and oxygen atoms in total. The maximum atomic E-state index is 12.5. The molecule has 1 aromatic heterocycles. The normalized spacial score (nSPS) is 10.5. The summed E-state index contributed by atoms with van der Waals surface area (Å²) in [6, 6.07) is 15.3. The second-order valence-electron chi connectivity index (χ2n) is 6.83. The van der Waals surface area contributed by atoms with Crippen LogP contribution in [-0.2, 0) is 0 Å². The van der Waals surface area contributed by atoms with Crippen molar-refractivity contribution in [3.8, 4) is 11.8 Å². The molecule has 0 saturated carbocycles. The van der Waals surface area contributed by atoms with Crippen molar-refractivity contribution in [1.29, 1.82) is 5.26 Å². The number of carbonyl (C=O) groups excluding carboxylic acids is 2. The number of methoxy groups -OCH3 is 1. The van der Waals surface area contributed by atoms with Crippen LogP contribution in [0.25, 0.3) is 21.7 Å². The Morgan fingerprint density at radius 3 is 2.38 bits per heavy atom. The zero-order valence-corrected chi connectivity index (χ0v) is 16.8. The lowest BCUT2D eigenvalue weighted by Crippen LogP contribution is -2.19. The Kier molecular flexibility index (Phi) is 5.18. The zero-order valence-electron chi connectivity index (χ0n) is 16.8. The first-order valence-electron chi connectivity index (χ1n) is 9.36. The van der Waals surface area contributed by atoms with E-state index in [1.165, 1.54) is 37.4 Å². The number of hydrogen-bond donors (Lipinski definition) is 3. The van der Waals surface area contributed by atoms with Crippen LogP contribution in [-0.4, -0.2) is 19.0 Å². The smallest absolute Gasteiger partial charge is 0.344 e. The summed E-state index contributed by atoms with van der Waals surface area (Å²) in [5.74, 6) is -0.289. The molecule has 32 heavy (non-hydrogen) atoms. The van der Waals surface area contributed by atoms with Crippen LogP contribution in [0.15, 0.2) is 63.8 Å². The number of nitrogens with two attached hydrogens (primary N) is 1. The quantitative estimate of drug-likeness (QED) is 0.334. The van der Waals surface area contributed by atoms with Crippen molar-refractivity contribution >= 4 is 45.1 Å². The van der Waals surface area contributed by atoms with Crippen molar-refractivity contribution in [2.75, 3.05) is 17.7 Å². The number of anilines is 2. The van der Waals surface area contributed by atoms with Gasteiger partial charge < -0.3 is 25.5 Å². The number of nitrogens with zero attached hydrogens (tertiary/aromatic N) is 1. The molecule has 9 heteroatoms. The van der Waals surface area contributed by atoms with Gasteiger partial charge in [-0.3, -0.25) is 4.79 Å². The van der Waals surface area contributed by atoms with Gasteiger partial charge >= 0.3 is 11.7 Å². The molecule has 3 amide bonds. The molecule has 1 heterocycles. The van der Waals surface area contributed by atoms with E-state index in [2.05, 4.69) is 10.6 Å². The third-order valence-corrected chi connectivity index (χ3v) is 4.83. The van der Waals surface area contributed by atoms with Gasteiger partial charge in [0.15, 0.2) is 0 Å². The van der Waals surface area contributed by atoms with Crippen LogP contribution in [0.1, 0.15) is 15.9 Å². The van der Waals surface area contributed by atoms with Crippen LogP contribution in [0.3, 0.4) is 0 Å². The maximum absolute atomic E-state index is 12.5. The Bertz CT molecular complexity index is 1500. The number of carbonyl (C=O) groups is 2. The molecule has 0 bridgehead atoms. The van der Waals surface area contributed by atoms with Crippen molar-refractivity contribution in [3.05, 3.63) is 76.1 Å². The van der Waals surface area contributed by atoms with Gasteiger partial charge in [0.25, 0.3) is 0 Å². The van der Waals surface area contributed by atoms with E-state index in [-0.39, 0.29) is 10.9 Å². The van der Waals surface area contributed by atoms with Gasteiger partial charge in [-0.25, -0.2) is 9.59 Å². The summed E-state index contributed by atoms with van der Waals surface area (Å²) in [4.78, 5) is 36.3. The van der Waals surface area contributed by atoms with E-state index in [4.69, 9.17) is 20.1 Å². The highest BCUT2D eigenvalue weighted by Gasteiger charge is 2.12. The average molecular weight is 428 g/mol. The summed E-state index contributed by atoms with van der Waals surface area (Å²) in [7, 11) is 1.43. The van der Waals surface area contributed by atoms with Crippen LogP contribution in [0.5, 0.6) is 5.75 Å². The van der Waals surface area contributed by atoms with E-state index in [1.807, 2.05) is 6.07 Å². The zero-order chi connectivity index (χ0) is 22.8. The predicted molar refractivity (Wildman–Crippen MR) is 119 cm³/mol. The van der Waals surface area contributed by atoms with E-state index < -0.39 is 17.6 Å².